The SMILES string of the molecule is COc1ccc(NC(=O)c2ccc(F)cc2N)cc1Br. The van der Waals surface area contributed by atoms with Crippen LogP contribution in [-0.2, 0) is 0 Å². The number of anilines is 2. The quantitative estimate of drug-likeness (QED) is 0.842. The van der Waals surface area contributed by atoms with Gasteiger partial charge in [0, 0.05) is 11.4 Å². The number of rotatable bonds is 3. The number of nitrogens with two attached hydrogens (primary N) is 1. The van der Waals surface area contributed by atoms with Crippen LogP contribution in [0.3, 0.4) is 0 Å². The lowest BCUT2D eigenvalue weighted by atomic mass is 10.1. The van der Waals surface area contributed by atoms with Crippen LogP contribution in [0, 0.1) is 5.82 Å². The average Bonchev–Trinajstić information content (AvgIpc) is 2.38. The summed E-state index contributed by atoms with van der Waals surface area (Å²) >= 11 is 3.33. The van der Waals surface area contributed by atoms with Gasteiger partial charge >= 0.3 is 0 Å². The molecule has 2 aromatic rings. The van der Waals surface area contributed by atoms with Crippen molar-refractivity contribution in [3.8, 4) is 5.75 Å². The molecule has 0 spiro atoms. The molecule has 1 amide bonds. The topological polar surface area (TPSA) is 64.3 Å². The highest BCUT2D eigenvalue weighted by atomic mass is 79.9. The van der Waals surface area contributed by atoms with E-state index in [0.717, 1.165) is 6.07 Å². The molecule has 0 unspecified atom stereocenters. The second-order valence-electron chi connectivity index (χ2n) is 4.04. The molecular weight excluding hydrogens is 327 g/mol. The highest BCUT2D eigenvalue weighted by Crippen LogP contribution is 2.28. The van der Waals surface area contributed by atoms with E-state index >= 15 is 0 Å². The highest BCUT2D eigenvalue weighted by molar-refractivity contribution is 9.10. The number of ether oxygens (including phenoxy) is 1. The molecule has 3 N–H and O–H groups in total. The van der Waals surface area contributed by atoms with Crippen molar-refractivity contribution < 1.29 is 13.9 Å². The van der Waals surface area contributed by atoms with Gasteiger partial charge in [0.2, 0.25) is 0 Å². The third-order valence-electron chi connectivity index (χ3n) is 2.67. The molecule has 6 heteroatoms. The van der Waals surface area contributed by atoms with Gasteiger partial charge in [-0.3, -0.25) is 4.79 Å². The Morgan fingerprint density at radius 2 is 2.05 bits per heavy atom. The molecule has 2 aromatic carbocycles. The summed E-state index contributed by atoms with van der Waals surface area (Å²) in [5.74, 6) is -0.227. The van der Waals surface area contributed by atoms with Gasteiger partial charge in [-0.25, -0.2) is 4.39 Å². The normalized spacial score (nSPS) is 10.2. The Bertz CT molecular complexity index is 662. The Labute approximate surface area is 123 Å². The Hall–Kier alpha value is -2.08. The molecule has 0 aliphatic carbocycles. The highest BCUT2D eigenvalue weighted by Gasteiger charge is 2.11. The summed E-state index contributed by atoms with van der Waals surface area (Å²) in [7, 11) is 1.55. The standard InChI is InChI=1S/C14H12BrFN2O2/c1-20-13-5-3-9(7-11(13)15)18-14(19)10-4-2-8(16)6-12(10)17/h2-7H,17H2,1H3,(H,18,19). The first kappa shape index (κ1) is 14.3. The number of hydrogen-bond acceptors (Lipinski definition) is 3. The number of hydrogen-bond donors (Lipinski definition) is 2. The summed E-state index contributed by atoms with van der Waals surface area (Å²) in [4.78, 5) is 12.1. The van der Waals surface area contributed by atoms with Crippen molar-refractivity contribution in [1.82, 2.24) is 0 Å². The zero-order valence-electron chi connectivity index (χ0n) is 10.6. The van der Waals surface area contributed by atoms with E-state index in [-0.39, 0.29) is 11.3 Å². The molecule has 0 atom stereocenters. The summed E-state index contributed by atoms with van der Waals surface area (Å²) in [5, 5.41) is 2.68. The number of carbonyl (C=O) groups is 1. The maximum absolute atomic E-state index is 12.9. The Morgan fingerprint density at radius 3 is 2.65 bits per heavy atom. The van der Waals surface area contributed by atoms with Crippen LogP contribution in [0.1, 0.15) is 10.4 Å². The minimum absolute atomic E-state index is 0.0927. The lowest BCUT2D eigenvalue weighted by Gasteiger charge is -2.09. The smallest absolute Gasteiger partial charge is 0.257 e. The zero-order valence-corrected chi connectivity index (χ0v) is 12.2. The number of amides is 1. The number of carbonyl (C=O) groups excluding carboxylic acids is 1. The van der Waals surface area contributed by atoms with E-state index in [1.54, 1.807) is 25.3 Å². The first-order valence-electron chi connectivity index (χ1n) is 5.71. The minimum Gasteiger partial charge on any atom is -0.496 e. The molecule has 0 saturated heterocycles. The molecule has 2 rings (SSSR count). The summed E-state index contributed by atoms with van der Waals surface area (Å²) in [6.07, 6.45) is 0. The predicted molar refractivity (Wildman–Crippen MR) is 79.5 cm³/mol. The Morgan fingerprint density at radius 1 is 1.30 bits per heavy atom. The van der Waals surface area contributed by atoms with Crippen LogP contribution in [0.5, 0.6) is 5.75 Å². The molecule has 0 aliphatic rings. The predicted octanol–water partition coefficient (Wildman–Crippen LogP) is 3.43. The number of benzene rings is 2. The number of nitrogens with one attached hydrogen (secondary N) is 1. The van der Waals surface area contributed by atoms with Gasteiger partial charge < -0.3 is 15.8 Å². The van der Waals surface area contributed by atoms with E-state index in [1.807, 2.05) is 0 Å². The molecule has 0 fully saturated rings. The van der Waals surface area contributed by atoms with E-state index in [2.05, 4.69) is 21.2 Å². The molecular formula is C14H12BrFN2O2. The third-order valence-corrected chi connectivity index (χ3v) is 3.29. The van der Waals surface area contributed by atoms with Crippen molar-refractivity contribution in [3.63, 3.8) is 0 Å². The van der Waals surface area contributed by atoms with Gasteiger partial charge in [0.15, 0.2) is 0 Å². The van der Waals surface area contributed by atoms with Crippen LogP contribution in [0.2, 0.25) is 0 Å². The third kappa shape index (κ3) is 3.08. The maximum atomic E-state index is 12.9. The maximum Gasteiger partial charge on any atom is 0.257 e. The first-order chi connectivity index (χ1) is 9.51. The van der Waals surface area contributed by atoms with Gasteiger partial charge in [-0.1, -0.05) is 0 Å². The van der Waals surface area contributed by atoms with E-state index in [4.69, 9.17) is 10.5 Å². The van der Waals surface area contributed by atoms with Gasteiger partial charge in [-0.15, -0.1) is 0 Å². The number of halogens is 2. The van der Waals surface area contributed by atoms with Crippen LogP contribution < -0.4 is 15.8 Å². The van der Waals surface area contributed by atoms with Gasteiger partial charge in [0.1, 0.15) is 11.6 Å². The number of methoxy groups -OCH3 is 1. The lowest BCUT2D eigenvalue weighted by Crippen LogP contribution is -2.14. The Kier molecular flexibility index (Phi) is 4.24. The van der Waals surface area contributed by atoms with Crippen molar-refractivity contribution >= 4 is 33.2 Å². The minimum atomic E-state index is -0.480. The van der Waals surface area contributed by atoms with Crippen LogP contribution >= 0.6 is 15.9 Å². The summed E-state index contributed by atoms with van der Waals surface area (Å²) in [6, 6.07) is 8.76. The van der Waals surface area contributed by atoms with E-state index in [0.29, 0.717) is 15.9 Å². The second kappa shape index (κ2) is 5.92. The molecule has 0 radical (unpaired) electrons. The van der Waals surface area contributed by atoms with Crippen molar-refractivity contribution in [2.24, 2.45) is 0 Å². The van der Waals surface area contributed by atoms with E-state index < -0.39 is 11.7 Å². The number of nitrogen functional groups attached to an aromatic ring is 1. The molecule has 104 valence electrons. The van der Waals surface area contributed by atoms with Crippen molar-refractivity contribution in [2.45, 2.75) is 0 Å². The van der Waals surface area contributed by atoms with Gasteiger partial charge in [-0.05, 0) is 52.3 Å². The molecule has 0 bridgehead atoms. The molecule has 4 nitrogen and oxygen atoms in total. The van der Waals surface area contributed by atoms with Crippen molar-refractivity contribution in [3.05, 3.63) is 52.3 Å². The molecule has 0 heterocycles. The monoisotopic (exact) mass is 338 g/mol. The summed E-state index contributed by atoms with van der Waals surface area (Å²) < 4.78 is 18.8. The van der Waals surface area contributed by atoms with Crippen LogP contribution in [-0.4, -0.2) is 13.0 Å². The van der Waals surface area contributed by atoms with Crippen LogP contribution in [0.25, 0.3) is 0 Å². The van der Waals surface area contributed by atoms with Crippen molar-refractivity contribution in [1.29, 1.82) is 0 Å². The lowest BCUT2D eigenvalue weighted by molar-refractivity contribution is 0.102. The second-order valence-corrected chi connectivity index (χ2v) is 4.89. The molecule has 0 aliphatic heterocycles. The fourth-order valence-corrected chi connectivity index (χ4v) is 2.22. The zero-order chi connectivity index (χ0) is 14.7. The average molecular weight is 339 g/mol. The molecule has 0 aromatic heterocycles. The first-order valence-corrected chi connectivity index (χ1v) is 6.50. The fraction of sp³-hybridized carbons (Fsp3) is 0.0714. The fourth-order valence-electron chi connectivity index (χ4n) is 1.68. The van der Waals surface area contributed by atoms with Crippen LogP contribution in [0.4, 0.5) is 15.8 Å². The van der Waals surface area contributed by atoms with Gasteiger partial charge in [0.05, 0.1) is 17.1 Å². The summed E-state index contributed by atoms with van der Waals surface area (Å²) in [6.45, 7) is 0. The van der Waals surface area contributed by atoms with E-state index in [9.17, 15) is 9.18 Å². The largest absolute Gasteiger partial charge is 0.496 e. The van der Waals surface area contributed by atoms with Crippen LogP contribution in [0.15, 0.2) is 40.9 Å². The van der Waals surface area contributed by atoms with E-state index in [1.165, 1.54) is 12.1 Å². The Balaban J connectivity index is 2.21. The van der Waals surface area contributed by atoms with Gasteiger partial charge in [0.25, 0.3) is 5.91 Å². The summed E-state index contributed by atoms with van der Waals surface area (Å²) in [5.41, 5.74) is 6.51. The molecule has 20 heavy (non-hydrogen) atoms. The molecule has 0 saturated carbocycles. The van der Waals surface area contributed by atoms with Gasteiger partial charge in [-0.2, -0.15) is 0 Å². The van der Waals surface area contributed by atoms with Crippen molar-refractivity contribution in [2.75, 3.05) is 18.2 Å².